The molecule has 0 atom stereocenters. The van der Waals surface area contributed by atoms with Crippen molar-refractivity contribution >= 4 is 23.1 Å². The molecule has 2 nitrogen and oxygen atoms in total. The molecule has 0 N–H and O–H groups in total. The van der Waals surface area contributed by atoms with E-state index in [1.165, 1.54) is 27.4 Å². The van der Waals surface area contributed by atoms with Crippen molar-refractivity contribution in [2.45, 2.75) is 24.9 Å². The molecule has 4 heteroatoms. The molecule has 1 heterocycles. The molecule has 0 spiro atoms. The Kier molecular flexibility index (Phi) is 5.94. The Morgan fingerprint density at radius 1 is 1.04 bits per heavy atom. The average molecular weight is 356 g/mol. The van der Waals surface area contributed by atoms with Crippen LogP contribution in [0.4, 0.5) is 0 Å². The van der Waals surface area contributed by atoms with Gasteiger partial charge in [-0.05, 0) is 35.7 Å². The minimum Gasteiger partial charge on any atom is -0.497 e. The SMILES string of the molecule is COc1ccc(Cc2nc(CSCc3ccccc3C)cs2)cc1. The van der Waals surface area contributed by atoms with Gasteiger partial charge in [-0.25, -0.2) is 4.98 Å². The van der Waals surface area contributed by atoms with Crippen molar-refractivity contribution in [1.29, 1.82) is 0 Å². The normalized spacial score (nSPS) is 10.8. The monoisotopic (exact) mass is 355 g/mol. The Morgan fingerprint density at radius 3 is 2.58 bits per heavy atom. The first kappa shape index (κ1) is 17.1. The van der Waals surface area contributed by atoms with Gasteiger partial charge in [0.15, 0.2) is 0 Å². The van der Waals surface area contributed by atoms with Gasteiger partial charge in [0.1, 0.15) is 5.75 Å². The number of hydrogen-bond acceptors (Lipinski definition) is 4. The van der Waals surface area contributed by atoms with Crippen LogP contribution in [0.1, 0.15) is 27.4 Å². The molecule has 1 aromatic heterocycles. The minimum atomic E-state index is 0.886. The van der Waals surface area contributed by atoms with Gasteiger partial charge < -0.3 is 4.74 Å². The fourth-order valence-corrected chi connectivity index (χ4v) is 4.39. The first-order valence-corrected chi connectivity index (χ1v) is 9.96. The molecule has 2 aromatic carbocycles. The average Bonchev–Trinajstić information content (AvgIpc) is 3.05. The van der Waals surface area contributed by atoms with Crippen molar-refractivity contribution < 1.29 is 4.74 Å². The largest absolute Gasteiger partial charge is 0.497 e. The fourth-order valence-electron chi connectivity index (χ4n) is 2.45. The Hall–Kier alpha value is -1.78. The molecule has 0 aliphatic heterocycles. The van der Waals surface area contributed by atoms with E-state index in [1.54, 1.807) is 18.4 Å². The summed E-state index contributed by atoms with van der Waals surface area (Å²) < 4.78 is 5.20. The van der Waals surface area contributed by atoms with Crippen molar-refractivity contribution in [2.75, 3.05) is 7.11 Å². The molecule has 3 rings (SSSR count). The smallest absolute Gasteiger partial charge is 0.118 e. The molecule has 0 saturated carbocycles. The molecular weight excluding hydrogens is 334 g/mol. The van der Waals surface area contributed by atoms with Gasteiger partial charge >= 0.3 is 0 Å². The van der Waals surface area contributed by atoms with Crippen molar-refractivity contribution in [2.24, 2.45) is 0 Å². The second kappa shape index (κ2) is 8.36. The lowest BCUT2D eigenvalue weighted by Gasteiger charge is -2.04. The summed E-state index contributed by atoms with van der Waals surface area (Å²) in [5.41, 5.74) is 5.23. The second-order valence-corrected chi connectivity index (χ2v) is 7.60. The Balaban J connectivity index is 1.52. The molecule has 124 valence electrons. The van der Waals surface area contributed by atoms with E-state index in [-0.39, 0.29) is 0 Å². The maximum Gasteiger partial charge on any atom is 0.118 e. The zero-order valence-electron chi connectivity index (χ0n) is 14.0. The molecule has 3 aromatic rings. The van der Waals surface area contributed by atoms with Crippen molar-refractivity contribution in [3.8, 4) is 5.75 Å². The Labute approximate surface area is 151 Å². The molecule has 0 bridgehead atoms. The Morgan fingerprint density at radius 2 is 1.83 bits per heavy atom. The van der Waals surface area contributed by atoms with E-state index in [2.05, 4.69) is 48.7 Å². The molecule has 24 heavy (non-hydrogen) atoms. The van der Waals surface area contributed by atoms with Gasteiger partial charge in [0, 0.05) is 23.3 Å². The third kappa shape index (κ3) is 4.62. The zero-order chi connectivity index (χ0) is 16.8. The van der Waals surface area contributed by atoms with Crippen LogP contribution < -0.4 is 4.74 Å². The van der Waals surface area contributed by atoms with Crippen molar-refractivity contribution in [1.82, 2.24) is 4.98 Å². The summed E-state index contributed by atoms with van der Waals surface area (Å²) in [5.74, 6) is 2.90. The van der Waals surface area contributed by atoms with Crippen LogP contribution >= 0.6 is 23.1 Å². The molecule has 0 aliphatic carbocycles. The lowest BCUT2D eigenvalue weighted by Crippen LogP contribution is -1.90. The summed E-state index contributed by atoms with van der Waals surface area (Å²) in [7, 11) is 1.69. The molecule has 0 aliphatic rings. The van der Waals surface area contributed by atoms with E-state index in [0.29, 0.717) is 0 Å². The van der Waals surface area contributed by atoms with Gasteiger partial charge in [0.25, 0.3) is 0 Å². The number of thiazole rings is 1. The highest BCUT2D eigenvalue weighted by molar-refractivity contribution is 7.97. The van der Waals surface area contributed by atoms with Gasteiger partial charge in [0.05, 0.1) is 17.8 Å². The van der Waals surface area contributed by atoms with E-state index >= 15 is 0 Å². The van der Waals surface area contributed by atoms with E-state index in [0.717, 1.165) is 23.7 Å². The molecule has 0 fully saturated rings. The van der Waals surface area contributed by atoms with E-state index < -0.39 is 0 Å². The standard InChI is InChI=1S/C20H21NOS2/c1-15-5-3-4-6-17(15)12-23-13-18-14-24-20(21-18)11-16-7-9-19(22-2)10-8-16/h3-10,14H,11-13H2,1-2H3. The molecule has 0 unspecified atom stereocenters. The van der Waals surface area contributed by atoms with Crippen LogP contribution in [0.2, 0.25) is 0 Å². The van der Waals surface area contributed by atoms with Gasteiger partial charge in [-0.1, -0.05) is 36.4 Å². The molecular formula is C20H21NOS2. The van der Waals surface area contributed by atoms with E-state index in [9.17, 15) is 0 Å². The predicted molar refractivity (Wildman–Crippen MR) is 104 cm³/mol. The number of nitrogens with zero attached hydrogens (tertiary/aromatic N) is 1. The quantitative estimate of drug-likeness (QED) is 0.560. The van der Waals surface area contributed by atoms with Gasteiger partial charge in [-0.3, -0.25) is 0 Å². The van der Waals surface area contributed by atoms with Crippen LogP contribution in [0.3, 0.4) is 0 Å². The topological polar surface area (TPSA) is 22.1 Å². The summed E-state index contributed by atoms with van der Waals surface area (Å²) in [5, 5.41) is 3.36. The number of aryl methyl sites for hydroxylation is 1. The molecule has 0 amide bonds. The van der Waals surface area contributed by atoms with Crippen LogP contribution in [-0.2, 0) is 17.9 Å². The van der Waals surface area contributed by atoms with Crippen LogP contribution in [0.15, 0.2) is 53.9 Å². The highest BCUT2D eigenvalue weighted by atomic mass is 32.2. The highest BCUT2D eigenvalue weighted by Crippen LogP contribution is 2.23. The second-order valence-electron chi connectivity index (χ2n) is 5.68. The number of rotatable bonds is 7. The maximum atomic E-state index is 5.20. The summed E-state index contributed by atoms with van der Waals surface area (Å²) in [4.78, 5) is 4.77. The van der Waals surface area contributed by atoms with Crippen LogP contribution in [-0.4, -0.2) is 12.1 Å². The van der Waals surface area contributed by atoms with E-state index in [1.807, 2.05) is 23.9 Å². The first-order chi connectivity index (χ1) is 11.7. The maximum absolute atomic E-state index is 5.20. The van der Waals surface area contributed by atoms with Gasteiger partial charge in [0.2, 0.25) is 0 Å². The van der Waals surface area contributed by atoms with Crippen LogP contribution in [0.5, 0.6) is 5.75 Å². The first-order valence-electron chi connectivity index (χ1n) is 7.93. The van der Waals surface area contributed by atoms with E-state index in [4.69, 9.17) is 9.72 Å². The van der Waals surface area contributed by atoms with Crippen molar-refractivity contribution in [3.63, 3.8) is 0 Å². The fraction of sp³-hybridized carbons (Fsp3) is 0.250. The third-order valence-corrected chi connectivity index (χ3v) is 5.80. The zero-order valence-corrected chi connectivity index (χ0v) is 15.6. The minimum absolute atomic E-state index is 0.886. The predicted octanol–water partition coefficient (Wildman–Crippen LogP) is 5.48. The number of thioether (sulfide) groups is 1. The Bertz CT molecular complexity index is 780. The van der Waals surface area contributed by atoms with Crippen LogP contribution in [0.25, 0.3) is 0 Å². The van der Waals surface area contributed by atoms with Gasteiger partial charge in [-0.2, -0.15) is 11.8 Å². The number of benzene rings is 2. The molecule has 0 radical (unpaired) electrons. The third-order valence-electron chi connectivity index (χ3n) is 3.88. The number of aromatic nitrogens is 1. The van der Waals surface area contributed by atoms with Crippen LogP contribution in [0, 0.1) is 6.92 Å². The summed E-state index contributed by atoms with van der Waals surface area (Å²) in [6.45, 7) is 2.17. The van der Waals surface area contributed by atoms with Crippen molar-refractivity contribution in [3.05, 3.63) is 81.3 Å². The number of ether oxygens (including phenoxy) is 1. The summed E-state index contributed by atoms with van der Waals surface area (Å²) >= 11 is 3.67. The van der Waals surface area contributed by atoms with Gasteiger partial charge in [-0.15, -0.1) is 11.3 Å². The number of methoxy groups -OCH3 is 1. The summed E-state index contributed by atoms with van der Waals surface area (Å²) in [6.07, 6.45) is 0.886. The lowest BCUT2D eigenvalue weighted by atomic mass is 10.1. The lowest BCUT2D eigenvalue weighted by molar-refractivity contribution is 0.414. The molecule has 0 saturated heterocycles. The summed E-state index contributed by atoms with van der Waals surface area (Å²) in [6, 6.07) is 16.8. The number of hydrogen-bond donors (Lipinski definition) is 0. The highest BCUT2D eigenvalue weighted by Gasteiger charge is 2.05.